The lowest BCUT2D eigenvalue weighted by Gasteiger charge is -2.19. The summed E-state index contributed by atoms with van der Waals surface area (Å²) in [6.07, 6.45) is 2.57. The summed E-state index contributed by atoms with van der Waals surface area (Å²) in [7, 11) is 0. The highest BCUT2D eigenvalue weighted by molar-refractivity contribution is 6.16. The van der Waals surface area contributed by atoms with Gasteiger partial charge in [-0.3, -0.25) is 9.59 Å². The third-order valence-corrected chi connectivity index (χ3v) is 5.78. The van der Waals surface area contributed by atoms with Gasteiger partial charge < -0.3 is 19.5 Å². The van der Waals surface area contributed by atoms with Gasteiger partial charge in [0.25, 0.3) is 0 Å². The number of para-hydroxylation sites is 1. The van der Waals surface area contributed by atoms with Crippen molar-refractivity contribution in [2.24, 2.45) is 0 Å². The zero-order chi connectivity index (χ0) is 23.9. The number of ether oxygens (including phenoxy) is 1. The Morgan fingerprint density at radius 3 is 2.32 bits per heavy atom. The van der Waals surface area contributed by atoms with Gasteiger partial charge in [0.1, 0.15) is 11.9 Å². The molecule has 6 nitrogen and oxygen atoms in total. The first-order valence-electron chi connectivity index (χ1n) is 11.3. The van der Waals surface area contributed by atoms with Crippen molar-refractivity contribution in [2.45, 2.75) is 31.9 Å². The molecule has 4 aromatic rings. The van der Waals surface area contributed by atoms with Crippen molar-refractivity contribution in [1.82, 2.24) is 4.57 Å². The molecule has 2 N–H and O–H groups in total. The molecule has 0 saturated carbocycles. The predicted octanol–water partition coefficient (Wildman–Crippen LogP) is 5.24. The smallest absolute Gasteiger partial charge is 0.303 e. The predicted molar refractivity (Wildman–Crippen MR) is 130 cm³/mol. The van der Waals surface area contributed by atoms with Crippen LogP contribution in [0.3, 0.4) is 0 Å². The lowest BCUT2D eigenvalue weighted by atomic mass is 10.0. The molecule has 174 valence electrons. The Bertz CT molecular complexity index is 1260. The van der Waals surface area contributed by atoms with Gasteiger partial charge in [-0.05, 0) is 42.3 Å². The van der Waals surface area contributed by atoms with Crippen LogP contribution in [0.5, 0.6) is 5.75 Å². The molecule has 0 aliphatic rings. The SMILES string of the molecule is O=C(O)CCCn1cc(C(=O)c2ccc(OC(CCO)c3ccccc3)cc2)c2ccccc21. The molecule has 34 heavy (non-hydrogen) atoms. The molecule has 1 heterocycles. The Balaban J connectivity index is 1.54. The summed E-state index contributed by atoms with van der Waals surface area (Å²) in [6.45, 7) is 0.533. The Morgan fingerprint density at radius 2 is 1.62 bits per heavy atom. The second kappa shape index (κ2) is 10.8. The number of fused-ring (bicyclic) bond motifs is 1. The highest BCUT2D eigenvalue weighted by Crippen LogP contribution is 2.27. The van der Waals surface area contributed by atoms with Gasteiger partial charge in [0.05, 0.1) is 0 Å². The van der Waals surface area contributed by atoms with Gasteiger partial charge in [-0.25, -0.2) is 0 Å². The van der Waals surface area contributed by atoms with Crippen LogP contribution in [0.25, 0.3) is 10.9 Å². The minimum Gasteiger partial charge on any atom is -0.486 e. The average molecular weight is 458 g/mol. The minimum absolute atomic E-state index is 0.00661. The quantitative estimate of drug-likeness (QED) is 0.301. The summed E-state index contributed by atoms with van der Waals surface area (Å²) in [4.78, 5) is 24.2. The fourth-order valence-electron chi connectivity index (χ4n) is 4.10. The van der Waals surface area contributed by atoms with Crippen LogP contribution in [0.4, 0.5) is 0 Å². The second-order valence-electron chi connectivity index (χ2n) is 8.13. The molecule has 0 aliphatic heterocycles. The van der Waals surface area contributed by atoms with E-state index in [4.69, 9.17) is 9.84 Å². The molecule has 1 unspecified atom stereocenters. The maximum absolute atomic E-state index is 13.3. The molecule has 1 atom stereocenters. The normalized spacial score (nSPS) is 11.9. The van der Waals surface area contributed by atoms with E-state index >= 15 is 0 Å². The molecule has 0 saturated heterocycles. The molecule has 6 heteroatoms. The Kier molecular flexibility index (Phi) is 7.40. The summed E-state index contributed by atoms with van der Waals surface area (Å²) in [5, 5.41) is 19.2. The Hall–Kier alpha value is -3.90. The summed E-state index contributed by atoms with van der Waals surface area (Å²) < 4.78 is 8.04. The van der Waals surface area contributed by atoms with Gasteiger partial charge >= 0.3 is 5.97 Å². The first-order valence-corrected chi connectivity index (χ1v) is 11.3. The van der Waals surface area contributed by atoms with Crippen LogP contribution in [0, 0.1) is 0 Å². The summed E-state index contributed by atoms with van der Waals surface area (Å²) >= 11 is 0. The number of ketones is 1. The minimum atomic E-state index is -0.830. The molecular formula is C28H27NO5. The van der Waals surface area contributed by atoms with Crippen molar-refractivity contribution in [3.63, 3.8) is 0 Å². The summed E-state index contributed by atoms with van der Waals surface area (Å²) in [5.41, 5.74) is 3.01. The number of benzene rings is 3. The average Bonchev–Trinajstić information content (AvgIpc) is 3.23. The van der Waals surface area contributed by atoms with Gasteiger partial charge in [0, 0.05) is 54.2 Å². The number of nitrogens with zero attached hydrogens (tertiary/aromatic N) is 1. The second-order valence-corrected chi connectivity index (χ2v) is 8.13. The molecular weight excluding hydrogens is 430 g/mol. The summed E-state index contributed by atoms with van der Waals surface area (Å²) in [5.74, 6) is -0.312. The van der Waals surface area contributed by atoms with Crippen LogP contribution >= 0.6 is 0 Å². The molecule has 0 fully saturated rings. The number of rotatable bonds is 11. The van der Waals surface area contributed by atoms with Crippen LogP contribution in [0.15, 0.2) is 85.1 Å². The van der Waals surface area contributed by atoms with Gasteiger partial charge in [-0.15, -0.1) is 0 Å². The van der Waals surface area contributed by atoms with E-state index in [9.17, 15) is 14.7 Å². The molecule has 3 aromatic carbocycles. The molecule has 0 bridgehead atoms. The van der Waals surface area contributed by atoms with Crippen molar-refractivity contribution in [1.29, 1.82) is 0 Å². The number of hydrogen-bond donors (Lipinski definition) is 2. The van der Waals surface area contributed by atoms with Gasteiger partial charge in [0.15, 0.2) is 5.78 Å². The van der Waals surface area contributed by atoms with E-state index in [1.165, 1.54) is 0 Å². The number of aliphatic carboxylic acids is 1. The van der Waals surface area contributed by atoms with E-state index in [2.05, 4.69) is 0 Å². The van der Waals surface area contributed by atoms with Crippen molar-refractivity contribution in [3.8, 4) is 5.75 Å². The van der Waals surface area contributed by atoms with E-state index in [0.717, 1.165) is 16.5 Å². The number of carbonyl (C=O) groups is 2. The van der Waals surface area contributed by atoms with E-state index < -0.39 is 5.97 Å². The highest BCUT2D eigenvalue weighted by Gasteiger charge is 2.18. The van der Waals surface area contributed by atoms with Crippen molar-refractivity contribution in [3.05, 3.63) is 102 Å². The van der Waals surface area contributed by atoms with E-state index in [0.29, 0.717) is 36.3 Å². The number of carboxylic acids is 1. The number of aromatic nitrogens is 1. The molecule has 0 amide bonds. The number of aryl methyl sites for hydroxylation is 1. The fourth-order valence-corrected chi connectivity index (χ4v) is 4.10. The van der Waals surface area contributed by atoms with Crippen molar-refractivity contribution >= 4 is 22.7 Å². The molecule has 0 spiro atoms. The molecule has 0 aliphatic carbocycles. The lowest BCUT2D eigenvalue weighted by molar-refractivity contribution is -0.137. The molecule has 0 radical (unpaired) electrons. The largest absolute Gasteiger partial charge is 0.486 e. The van der Waals surface area contributed by atoms with E-state index in [1.54, 1.807) is 24.3 Å². The maximum atomic E-state index is 13.3. The standard InChI is InChI=1S/C28H27NO5/c30-18-16-26(20-7-2-1-3-8-20)34-22-14-12-21(13-15-22)28(33)24-19-29(17-6-11-27(31)32)25-10-5-4-9-23(24)25/h1-5,7-10,12-15,19,26,30H,6,11,16-18H2,(H,31,32). The van der Waals surface area contributed by atoms with Crippen LogP contribution in [0.1, 0.15) is 46.9 Å². The topological polar surface area (TPSA) is 88.8 Å². The van der Waals surface area contributed by atoms with Crippen LogP contribution < -0.4 is 4.74 Å². The maximum Gasteiger partial charge on any atom is 0.303 e. The van der Waals surface area contributed by atoms with E-state index in [-0.39, 0.29) is 24.9 Å². The fraction of sp³-hybridized carbons (Fsp3) is 0.214. The Labute approximate surface area is 198 Å². The third-order valence-electron chi connectivity index (χ3n) is 5.78. The lowest BCUT2D eigenvalue weighted by Crippen LogP contribution is -2.10. The van der Waals surface area contributed by atoms with Crippen LogP contribution in [-0.2, 0) is 11.3 Å². The first kappa shape index (κ1) is 23.3. The van der Waals surface area contributed by atoms with Gasteiger partial charge in [-0.2, -0.15) is 0 Å². The third kappa shape index (κ3) is 5.35. The number of carbonyl (C=O) groups excluding carboxylic acids is 1. The van der Waals surface area contributed by atoms with Crippen molar-refractivity contribution < 1.29 is 24.5 Å². The summed E-state index contributed by atoms with van der Waals surface area (Å²) in [6, 6.07) is 24.4. The zero-order valence-electron chi connectivity index (χ0n) is 18.8. The molecule has 1 aromatic heterocycles. The first-order chi connectivity index (χ1) is 16.6. The van der Waals surface area contributed by atoms with Crippen LogP contribution in [0.2, 0.25) is 0 Å². The van der Waals surface area contributed by atoms with Gasteiger partial charge in [0.2, 0.25) is 0 Å². The monoisotopic (exact) mass is 457 g/mol. The Morgan fingerprint density at radius 1 is 0.912 bits per heavy atom. The highest BCUT2D eigenvalue weighted by atomic mass is 16.5. The van der Waals surface area contributed by atoms with Crippen LogP contribution in [-0.4, -0.2) is 33.1 Å². The number of hydrogen-bond acceptors (Lipinski definition) is 4. The van der Waals surface area contributed by atoms with E-state index in [1.807, 2.05) is 65.4 Å². The zero-order valence-corrected chi connectivity index (χ0v) is 18.8. The molecule has 4 rings (SSSR count). The van der Waals surface area contributed by atoms with Gasteiger partial charge in [-0.1, -0.05) is 48.5 Å². The van der Waals surface area contributed by atoms with Crippen molar-refractivity contribution in [2.75, 3.05) is 6.61 Å². The number of aliphatic hydroxyl groups excluding tert-OH is 1. The number of carboxylic acid groups (broad SMARTS) is 1. The number of aliphatic hydroxyl groups is 1.